The monoisotopic (exact) mass is 415 g/mol. The van der Waals surface area contributed by atoms with Crippen LogP contribution in [0.25, 0.3) is 0 Å². The van der Waals surface area contributed by atoms with E-state index in [1.165, 1.54) is 24.4 Å². The Hall–Kier alpha value is -2.32. The zero-order valence-corrected chi connectivity index (χ0v) is 15.5. The highest BCUT2D eigenvalue weighted by molar-refractivity contribution is 6.53. The molecule has 1 aromatic rings. The number of carbonyl (C=O) groups is 3. The smallest absolute Gasteiger partial charge is 0.407 e. The molecule has 27 heavy (non-hydrogen) atoms. The number of halogens is 3. The summed E-state index contributed by atoms with van der Waals surface area (Å²) in [6, 6.07) is 3.55. The third-order valence-electron chi connectivity index (χ3n) is 4.25. The molecule has 0 aromatic heterocycles. The highest BCUT2D eigenvalue weighted by Gasteiger charge is 2.34. The molecule has 1 fully saturated rings. The van der Waals surface area contributed by atoms with Gasteiger partial charge in [0.2, 0.25) is 0 Å². The summed E-state index contributed by atoms with van der Waals surface area (Å²) in [5.74, 6) is -1.25. The maximum absolute atomic E-state index is 14.7. The summed E-state index contributed by atoms with van der Waals surface area (Å²) in [7, 11) is 0. The molecule has 2 N–H and O–H groups in total. The van der Waals surface area contributed by atoms with Gasteiger partial charge in [0, 0.05) is 19.2 Å². The molecule has 3 rings (SSSR count). The number of hydrogen-bond donors (Lipinski definition) is 2. The fourth-order valence-corrected chi connectivity index (χ4v) is 3.04. The Labute approximate surface area is 164 Å². The molecule has 2 aliphatic rings. The summed E-state index contributed by atoms with van der Waals surface area (Å²) in [6.07, 6.45) is 1.84. The largest absolute Gasteiger partial charge is 0.442 e. The number of nitrogens with one attached hydrogen (secondary N) is 2. The molecule has 2 atom stereocenters. The van der Waals surface area contributed by atoms with E-state index in [2.05, 4.69) is 10.6 Å². The Kier molecular flexibility index (Phi) is 5.86. The highest BCUT2D eigenvalue weighted by Crippen LogP contribution is 2.28. The van der Waals surface area contributed by atoms with Crippen LogP contribution in [0.4, 0.5) is 14.9 Å². The minimum atomic E-state index is -1.32. The molecule has 0 saturated carbocycles. The van der Waals surface area contributed by atoms with Crippen LogP contribution in [0, 0.1) is 5.82 Å². The van der Waals surface area contributed by atoms with Gasteiger partial charge in [-0.25, -0.2) is 9.18 Å². The van der Waals surface area contributed by atoms with Crippen molar-refractivity contribution in [3.63, 3.8) is 0 Å². The third-order valence-corrected chi connectivity index (χ3v) is 4.65. The van der Waals surface area contributed by atoms with E-state index in [4.69, 9.17) is 27.9 Å². The number of hydrogen-bond acceptors (Lipinski definition) is 5. The Morgan fingerprint density at radius 3 is 2.70 bits per heavy atom. The van der Waals surface area contributed by atoms with Gasteiger partial charge in [0.1, 0.15) is 11.9 Å². The van der Waals surface area contributed by atoms with Crippen LogP contribution < -0.4 is 15.5 Å². The predicted molar refractivity (Wildman–Crippen MR) is 97.2 cm³/mol. The van der Waals surface area contributed by atoms with Gasteiger partial charge >= 0.3 is 6.09 Å². The van der Waals surface area contributed by atoms with Crippen molar-refractivity contribution in [2.75, 3.05) is 18.0 Å². The van der Waals surface area contributed by atoms with Gasteiger partial charge < -0.3 is 20.3 Å². The van der Waals surface area contributed by atoms with E-state index in [0.717, 1.165) is 0 Å². The van der Waals surface area contributed by atoms with Crippen molar-refractivity contribution in [2.24, 2.45) is 0 Å². The van der Waals surface area contributed by atoms with Gasteiger partial charge in [0.15, 0.2) is 10.6 Å². The predicted octanol–water partition coefficient (Wildman–Crippen LogP) is 2.19. The van der Waals surface area contributed by atoms with Crippen LogP contribution in [0.15, 0.2) is 30.5 Å². The van der Waals surface area contributed by atoms with E-state index < -0.39 is 34.8 Å². The van der Waals surface area contributed by atoms with Gasteiger partial charge in [-0.1, -0.05) is 29.3 Å². The second kappa shape index (κ2) is 8.14. The molecule has 0 bridgehead atoms. The summed E-state index contributed by atoms with van der Waals surface area (Å²) in [6.45, 7) is 0.509. The molecule has 2 unspecified atom stereocenters. The lowest BCUT2D eigenvalue weighted by molar-refractivity contribution is -0.121. The van der Waals surface area contributed by atoms with Gasteiger partial charge in [0.25, 0.3) is 5.91 Å². The number of carbonyl (C=O) groups excluding carboxylic acids is 3. The minimum Gasteiger partial charge on any atom is -0.442 e. The normalized spacial score (nSPS) is 20.4. The molecule has 2 aliphatic heterocycles. The van der Waals surface area contributed by atoms with E-state index in [9.17, 15) is 18.8 Å². The molecule has 0 aliphatic carbocycles. The first-order valence-electron chi connectivity index (χ1n) is 8.15. The molecular formula is C17H16Cl2FN3O4. The molecule has 2 heterocycles. The number of ether oxygens (including phenoxy) is 1. The van der Waals surface area contributed by atoms with Gasteiger partial charge in [-0.05, 0) is 23.8 Å². The molecule has 144 valence electrons. The summed E-state index contributed by atoms with van der Waals surface area (Å²) in [5, 5.41) is 5.05. The lowest BCUT2D eigenvalue weighted by Crippen LogP contribution is -2.40. The number of ketones is 1. The maximum Gasteiger partial charge on any atom is 0.407 e. The van der Waals surface area contributed by atoms with Crippen LogP contribution in [0.1, 0.15) is 18.0 Å². The van der Waals surface area contributed by atoms with Crippen LogP contribution in [-0.4, -0.2) is 41.8 Å². The molecular weight excluding hydrogens is 400 g/mol. The Balaban J connectivity index is 1.86. The highest BCUT2D eigenvalue weighted by atomic mass is 35.5. The van der Waals surface area contributed by atoms with Gasteiger partial charge in [-0.3, -0.25) is 9.59 Å². The second-order valence-electron chi connectivity index (χ2n) is 6.05. The van der Waals surface area contributed by atoms with Crippen LogP contribution >= 0.6 is 23.2 Å². The zero-order valence-electron chi connectivity index (χ0n) is 14.0. The van der Waals surface area contributed by atoms with Gasteiger partial charge in [-0.15, -0.1) is 0 Å². The summed E-state index contributed by atoms with van der Waals surface area (Å²) < 4.78 is 19.8. The number of cyclic esters (lactones) is 1. The number of anilines is 1. The van der Waals surface area contributed by atoms with Crippen molar-refractivity contribution in [3.8, 4) is 0 Å². The van der Waals surface area contributed by atoms with Crippen molar-refractivity contribution in [1.82, 2.24) is 10.6 Å². The molecule has 1 saturated heterocycles. The fraction of sp³-hybridized carbons (Fsp3) is 0.353. The quantitative estimate of drug-likeness (QED) is 0.719. The standard InChI is InChI=1S/C17H16Cl2FN3O4/c18-15(19)16(25)22-14(13-8-21-17(26)27-13)9-1-2-12(11(20)7-9)23-5-3-10(24)4-6-23/h1-3,5,7,13-15H,4,6,8H2,(H,21,26)(H,22,25). The molecule has 10 heteroatoms. The zero-order chi connectivity index (χ0) is 19.6. The van der Waals surface area contributed by atoms with Crippen molar-refractivity contribution >= 4 is 46.7 Å². The number of alkyl carbamates (subject to hydrolysis) is 1. The van der Waals surface area contributed by atoms with Gasteiger partial charge in [-0.2, -0.15) is 0 Å². The van der Waals surface area contributed by atoms with Crippen LogP contribution in [-0.2, 0) is 14.3 Å². The molecule has 1 aromatic carbocycles. The van der Waals surface area contributed by atoms with E-state index in [-0.39, 0.29) is 12.3 Å². The lowest BCUT2D eigenvalue weighted by atomic mass is 10.00. The Bertz CT molecular complexity index is 802. The van der Waals surface area contributed by atoms with Gasteiger partial charge in [0.05, 0.1) is 18.3 Å². The van der Waals surface area contributed by atoms with E-state index in [1.54, 1.807) is 11.0 Å². The summed E-state index contributed by atoms with van der Waals surface area (Å²) >= 11 is 11.2. The van der Waals surface area contributed by atoms with Crippen molar-refractivity contribution in [1.29, 1.82) is 0 Å². The van der Waals surface area contributed by atoms with Crippen LogP contribution in [0.5, 0.6) is 0 Å². The lowest BCUT2D eigenvalue weighted by Gasteiger charge is -2.26. The molecule has 2 amide bonds. The fourth-order valence-electron chi connectivity index (χ4n) is 2.91. The second-order valence-corrected chi connectivity index (χ2v) is 7.14. The topological polar surface area (TPSA) is 87.7 Å². The van der Waals surface area contributed by atoms with Crippen LogP contribution in [0.2, 0.25) is 0 Å². The minimum absolute atomic E-state index is 0.0155. The molecule has 0 spiro atoms. The van der Waals surface area contributed by atoms with E-state index in [1.807, 2.05) is 0 Å². The first kappa shape index (κ1) is 19.4. The van der Waals surface area contributed by atoms with Crippen molar-refractivity contribution in [3.05, 3.63) is 41.9 Å². The first-order chi connectivity index (χ1) is 12.8. The Morgan fingerprint density at radius 1 is 1.37 bits per heavy atom. The molecule has 0 radical (unpaired) electrons. The number of amides is 2. The van der Waals surface area contributed by atoms with E-state index in [0.29, 0.717) is 24.2 Å². The number of benzene rings is 1. The SMILES string of the molecule is O=C1C=CN(c2ccc(C(NC(=O)C(Cl)Cl)C3CNC(=O)O3)cc2F)CC1. The number of alkyl halides is 2. The number of allylic oxidation sites excluding steroid dienone is 1. The average Bonchev–Trinajstić information content (AvgIpc) is 3.06. The van der Waals surface area contributed by atoms with E-state index >= 15 is 0 Å². The van der Waals surface area contributed by atoms with Crippen molar-refractivity contribution in [2.45, 2.75) is 23.4 Å². The maximum atomic E-state index is 14.7. The first-order valence-corrected chi connectivity index (χ1v) is 9.02. The number of rotatable bonds is 5. The van der Waals surface area contributed by atoms with Crippen molar-refractivity contribution < 1.29 is 23.5 Å². The van der Waals surface area contributed by atoms with Crippen LogP contribution in [0.3, 0.4) is 0 Å². The summed E-state index contributed by atoms with van der Waals surface area (Å²) in [5.41, 5.74) is 0.679. The summed E-state index contributed by atoms with van der Waals surface area (Å²) in [4.78, 5) is 34.9. The number of nitrogens with zero attached hydrogens (tertiary/aromatic N) is 1. The molecule has 7 nitrogen and oxygen atoms in total. The third kappa shape index (κ3) is 4.51. The Morgan fingerprint density at radius 2 is 2.15 bits per heavy atom. The average molecular weight is 416 g/mol.